The van der Waals surface area contributed by atoms with Crippen LogP contribution in [0.4, 0.5) is 0 Å². The van der Waals surface area contributed by atoms with E-state index < -0.39 is 0 Å². The van der Waals surface area contributed by atoms with Crippen LogP contribution in [0.2, 0.25) is 5.15 Å². The first-order valence-corrected chi connectivity index (χ1v) is 11.0. The van der Waals surface area contributed by atoms with Crippen LogP contribution in [0.5, 0.6) is 0 Å². The molecule has 1 N–H and O–H groups in total. The molecule has 2 aliphatic heterocycles. The summed E-state index contributed by atoms with van der Waals surface area (Å²) in [6.45, 7) is 2.44. The van der Waals surface area contributed by atoms with Gasteiger partial charge in [-0.2, -0.15) is 0 Å². The minimum atomic E-state index is -0.172. The molecule has 3 aromatic rings. The predicted octanol–water partition coefficient (Wildman–Crippen LogP) is 2.87. The first-order valence-electron chi connectivity index (χ1n) is 10.6. The summed E-state index contributed by atoms with van der Waals surface area (Å²) in [7, 11) is 0. The highest BCUT2D eigenvalue weighted by Gasteiger charge is 2.36. The zero-order valence-corrected chi connectivity index (χ0v) is 17.8. The van der Waals surface area contributed by atoms with E-state index in [2.05, 4.69) is 19.9 Å². The lowest BCUT2D eigenvalue weighted by molar-refractivity contribution is -0.135. The predicted molar refractivity (Wildman–Crippen MR) is 116 cm³/mol. The highest BCUT2D eigenvalue weighted by atomic mass is 35.5. The second-order valence-electron chi connectivity index (χ2n) is 8.23. The van der Waals surface area contributed by atoms with E-state index in [-0.39, 0.29) is 23.7 Å². The van der Waals surface area contributed by atoms with Crippen LogP contribution in [-0.2, 0) is 4.79 Å². The fourth-order valence-corrected chi connectivity index (χ4v) is 4.66. The highest BCUT2D eigenvalue weighted by Crippen LogP contribution is 2.29. The summed E-state index contributed by atoms with van der Waals surface area (Å²) < 4.78 is 0. The van der Waals surface area contributed by atoms with Crippen LogP contribution in [0.25, 0.3) is 11.2 Å². The Hall–Kier alpha value is -3.00. The molecular weight excluding hydrogens is 416 g/mol. The number of aromatic nitrogens is 4. The summed E-state index contributed by atoms with van der Waals surface area (Å²) in [4.78, 5) is 45.9. The van der Waals surface area contributed by atoms with Gasteiger partial charge < -0.3 is 14.8 Å². The van der Waals surface area contributed by atoms with Gasteiger partial charge in [0, 0.05) is 44.5 Å². The molecule has 2 aliphatic rings. The number of pyridine rings is 2. The van der Waals surface area contributed by atoms with E-state index in [1.54, 1.807) is 23.2 Å². The lowest BCUT2D eigenvalue weighted by Crippen LogP contribution is -2.46. The van der Waals surface area contributed by atoms with Gasteiger partial charge in [0.2, 0.25) is 5.91 Å². The lowest BCUT2D eigenvalue weighted by Gasteiger charge is -2.34. The van der Waals surface area contributed by atoms with Crippen LogP contribution in [0.3, 0.4) is 0 Å². The van der Waals surface area contributed by atoms with E-state index in [0.29, 0.717) is 42.5 Å². The molecule has 5 heterocycles. The maximum absolute atomic E-state index is 13.2. The van der Waals surface area contributed by atoms with Crippen molar-refractivity contribution in [2.24, 2.45) is 5.92 Å². The molecule has 2 fully saturated rings. The standard InChI is InChI=1S/C22H23ClN6O2/c23-18-6-5-14(11-25-18)21(30)28-9-2-3-16(13-28)22(31)29-10-7-15(12-29)19-26-17-4-1-8-24-20(17)27-19/h1,4-6,8,11,15-16H,2-3,7,9-10,12-13H2,(H,24,26,27). The molecule has 9 heteroatoms. The Morgan fingerprint density at radius 2 is 1.97 bits per heavy atom. The molecule has 31 heavy (non-hydrogen) atoms. The number of hydrogen-bond acceptors (Lipinski definition) is 5. The molecule has 5 rings (SSSR count). The van der Waals surface area contributed by atoms with Gasteiger partial charge in [-0.15, -0.1) is 0 Å². The van der Waals surface area contributed by atoms with Gasteiger partial charge in [-0.05, 0) is 43.5 Å². The number of hydrogen-bond donors (Lipinski definition) is 1. The average Bonchev–Trinajstić information content (AvgIpc) is 3.46. The minimum absolute atomic E-state index is 0.101. The van der Waals surface area contributed by atoms with E-state index in [9.17, 15) is 9.59 Å². The number of nitrogens with zero attached hydrogens (tertiary/aromatic N) is 5. The second-order valence-corrected chi connectivity index (χ2v) is 8.61. The molecule has 0 aromatic carbocycles. The molecule has 0 radical (unpaired) electrons. The van der Waals surface area contributed by atoms with Crippen LogP contribution in [0.15, 0.2) is 36.7 Å². The van der Waals surface area contributed by atoms with Crippen molar-refractivity contribution < 1.29 is 9.59 Å². The van der Waals surface area contributed by atoms with E-state index in [0.717, 1.165) is 30.6 Å². The van der Waals surface area contributed by atoms with Crippen molar-refractivity contribution in [2.75, 3.05) is 26.2 Å². The summed E-state index contributed by atoms with van der Waals surface area (Å²) in [6, 6.07) is 7.13. The lowest BCUT2D eigenvalue weighted by atomic mass is 9.96. The van der Waals surface area contributed by atoms with E-state index in [1.807, 2.05) is 17.0 Å². The minimum Gasteiger partial charge on any atom is -0.342 e. The Kier molecular flexibility index (Phi) is 5.31. The summed E-state index contributed by atoms with van der Waals surface area (Å²) in [5.74, 6) is 0.924. The number of likely N-dealkylation sites (tertiary alicyclic amines) is 2. The fourth-order valence-electron chi connectivity index (χ4n) is 4.55. The number of nitrogens with one attached hydrogen (secondary N) is 1. The third-order valence-corrected chi connectivity index (χ3v) is 6.42. The van der Waals surface area contributed by atoms with Crippen molar-refractivity contribution in [3.63, 3.8) is 0 Å². The summed E-state index contributed by atoms with van der Waals surface area (Å²) in [5.41, 5.74) is 2.12. The largest absolute Gasteiger partial charge is 0.342 e. The monoisotopic (exact) mass is 438 g/mol. The maximum Gasteiger partial charge on any atom is 0.255 e. The third-order valence-electron chi connectivity index (χ3n) is 6.19. The average molecular weight is 439 g/mol. The van der Waals surface area contributed by atoms with Crippen LogP contribution >= 0.6 is 11.6 Å². The molecule has 3 aromatic heterocycles. The Morgan fingerprint density at radius 1 is 1.06 bits per heavy atom. The van der Waals surface area contributed by atoms with E-state index in [1.165, 1.54) is 6.20 Å². The highest BCUT2D eigenvalue weighted by molar-refractivity contribution is 6.29. The molecule has 2 saturated heterocycles. The molecule has 8 nitrogen and oxygen atoms in total. The van der Waals surface area contributed by atoms with Gasteiger partial charge in [-0.1, -0.05) is 11.6 Å². The van der Waals surface area contributed by atoms with Gasteiger partial charge in [0.05, 0.1) is 17.0 Å². The molecule has 0 bridgehead atoms. The topological polar surface area (TPSA) is 95.1 Å². The molecule has 2 atom stereocenters. The number of fused-ring (bicyclic) bond motifs is 1. The third kappa shape index (κ3) is 3.99. The zero-order chi connectivity index (χ0) is 21.4. The second kappa shape index (κ2) is 8.26. The molecular formula is C22H23ClN6O2. The quantitative estimate of drug-likeness (QED) is 0.634. The zero-order valence-electron chi connectivity index (χ0n) is 17.0. The van der Waals surface area contributed by atoms with E-state index in [4.69, 9.17) is 11.6 Å². The molecule has 0 spiro atoms. The summed E-state index contributed by atoms with van der Waals surface area (Å²) >= 11 is 5.82. The number of H-pyrrole nitrogens is 1. The number of amides is 2. The maximum atomic E-state index is 13.2. The molecule has 2 unspecified atom stereocenters. The van der Waals surface area contributed by atoms with Crippen molar-refractivity contribution in [3.05, 3.63) is 53.2 Å². The van der Waals surface area contributed by atoms with Crippen LogP contribution in [-0.4, -0.2) is 67.7 Å². The molecule has 0 aliphatic carbocycles. The number of halogens is 1. The Bertz CT molecular complexity index is 1080. The Morgan fingerprint density at radius 3 is 2.77 bits per heavy atom. The summed E-state index contributed by atoms with van der Waals surface area (Å²) in [6.07, 6.45) is 5.71. The van der Waals surface area contributed by atoms with Crippen molar-refractivity contribution in [1.82, 2.24) is 29.7 Å². The smallest absolute Gasteiger partial charge is 0.255 e. The van der Waals surface area contributed by atoms with Gasteiger partial charge in [0.15, 0.2) is 5.65 Å². The number of carbonyl (C=O) groups is 2. The number of carbonyl (C=O) groups excluding carboxylic acids is 2. The number of imidazole rings is 1. The molecule has 160 valence electrons. The van der Waals surface area contributed by atoms with Crippen molar-refractivity contribution in [1.29, 1.82) is 0 Å². The number of piperidine rings is 1. The van der Waals surface area contributed by atoms with Crippen LogP contribution in [0.1, 0.15) is 41.4 Å². The Balaban J connectivity index is 1.23. The Labute approximate surface area is 184 Å². The van der Waals surface area contributed by atoms with Crippen molar-refractivity contribution in [2.45, 2.75) is 25.2 Å². The summed E-state index contributed by atoms with van der Waals surface area (Å²) in [5, 5.41) is 0.354. The van der Waals surface area contributed by atoms with Gasteiger partial charge in [-0.3, -0.25) is 9.59 Å². The first-order chi connectivity index (χ1) is 15.1. The van der Waals surface area contributed by atoms with Crippen LogP contribution < -0.4 is 0 Å². The van der Waals surface area contributed by atoms with Gasteiger partial charge in [0.25, 0.3) is 5.91 Å². The van der Waals surface area contributed by atoms with Crippen molar-refractivity contribution >= 4 is 34.6 Å². The number of rotatable bonds is 3. The van der Waals surface area contributed by atoms with Gasteiger partial charge >= 0.3 is 0 Å². The first kappa shape index (κ1) is 19.9. The molecule has 0 saturated carbocycles. The molecule has 2 amide bonds. The van der Waals surface area contributed by atoms with Crippen LogP contribution in [0, 0.1) is 5.92 Å². The normalized spacial score (nSPS) is 21.6. The van der Waals surface area contributed by atoms with E-state index >= 15 is 0 Å². The SMILES string of the molecule is O=C(c1ccc(Cl)nc1)N1CCCC(C(=O)N2CCC(c3nc4ncccc4[nH]3)C2)C1. The fraction of sp³-hybridized carbons (Fsp3) is 0.409. The van der Waals surface area contributed by atoms with Gasteiger partial charge in [-0.25, -0.2) is 15.0 Å². The van der Waals surface area contributed by atoms with Gasteiger partial charge in [0.1, 0.15) is 11.0 Å². The van der Waals surface area contributed by atoms with Crippen molar-refractivity contribution in [3.8, 4) is 0 Å². The number of aromatic amines is 1.